The molecule has 0 atom stereocenters. The first-order chi connectivity index (χ1) is 1.41. The van der Waals surface area contributed by atoms with Gasteiger partial charge in [-0.15, -0.1) is 12.4 Å². The normalized spacial score (nSPS) is 2.57. The van der Waals surface area contributed by atoms with Crippen LogP contribution in [0.1, 0.15) is 6.92 Å². The van der Waals surface area contributed by atoms with Crippen molar-refractivity contribution >= 4 is 36.3 Å². The van der Waals surface area contributed by atoms with E-state index in [0.29, 0.717) is 0 Å². The Balaban J connectivity index is -0.00000000333. The van der Waals surface area contributed by atoms with Gasteiger partial charge in [0, 0.05) is 6.61 Å². The van der Waals surface area contributed by atoms with Gasteiger partial charge in [-0.2, -0.15) is 0 Å². The molecular formula is C2H7Cl3OSn. The van der Waals surface area contributed by atoms with Crippen LogP contribution in [-0.4, -0.2) is 35.6 Å². The quantitative estimate of drug-likeness (QED) is 0.435. The molecule has 0 saturated heterocycles. The van der Waals surface area contributed by atoms with Gasteiger partial charge in [0.1, 0.15) is 0 Å². The maximum Gasteiger partial charge on any atom is 2.00 e. The van der Waals surface area contributed by atoms with E-state index < -0.39 is 0 Å². The first kappa shape index (κ1) is 38.1. The van der Waals surface area contributed by atoms with Crippen molar-refractivity contribution in [2.24, 2.45) is 0 Å². The maximum atomic E-state index is 7.57. The molecule has 7 heavy (non-hydrogen) atoms. The molecule has 2 radical (unpaired) electrons. The van der Waals surface area contributed by atoms with Crippen LogP contribution >= 0.6 is 12.4 Å². The van der Waals surface area contributed by atoms with Crippen molar-refractivity contribution < 1.29 is 29.9 Å². The minimum Gasteiger partial charge on any atom is -1.00 e. The van der Waals surface area contributed by atoms with Gasteiger partial charge in [-0.1, -0.05) is 0 Å². The van der Waals surface area contributed by atoms with E-state index in [-0.39, 0.29) is 67.7 Å². The summed E-state index contributed by atoms with van der Waals surface area (Å²) in [6.07, 6.45) is 0. The second-order valence-electron chi connectivity index (χ2n) is 0.316. The van der Waals surface area contributed by atoms with Crippen LogP contribution in [0.3, 0.4) is 0 Å². The summed E-state index contributed by atoms with van der Waals surface area (Å²) in [5, 5.41) is 7.57. The number of aliphatic hydroxyl groups excluding tert-OH is 1. The van der Waals surface area contributed by atoms with Crippen LogP contribution in [0.15, 0.2) is 0 Å². The minimum atomic E-state index is 0. The fourth-order valence-electron chi connectivity index (χ4n) is 0. The van der Waals surface area contributed by atoms with Gasteiger partial charge in [0.05, 0.1) is 0 Å². The van der Waals surface area contributed by atoms with Crippen LogP contribution in [0.25, 0.3) is 0 Å². The largest absolute Gasteiger partial charge is 2.00 e. The number of hydrogen-bond acceptors (Lipinski definition) is 1. The standard InChI is InChI=1S/C2H6O.3ClH.Sn/c1-2-3;;;;/h3H,2H2,1H3;3*1H;/q;;;;+2/p-2. The van der Waals surface area contributed by atoms with Crippen LogP contribution in [-0.2, 0) is 0 Å². The van der Waals surface area contributed by atoms with Crippen molar-refractivity contribution in [3.63, 3.8) is 0 Å². The Morgan fingerprint density at radius 2 is 1.29 bits per heavy atom. The first-order valence-electron chi connectivity index (χ1n) is 1.02. The van der Waals surface area contributed by atoms with Gasteiger partial charge < -0.3 is 29.9 Å². The van der Waals surface area contributed by atoms with Gasteiger partial charge in [0.25, 0.3) is 0 Å². The second-order valence-corrected chi connectivity index (χ2v) is 0.316. The third-order valence-corrected chi connectivity index (χ3v) is 0. The SMILES string of the molecule is CCO.Cl.[Cl-].[Cl-].[Sn+2]. The van der Waals surface area contributed by atoms with Crippen molar-refractivity contribution in [2.45, 2.75) is 6.92 Å². The van der Waals surface area contributed by atoms with Gasteiger partial charge in [0.15, 0.2) is 0 Å². The molecule has 0 bridgehead atoms. The summed E-state index contributed by atoms with van der Waals surface area (Å²) in [7, 11) is 0. The molecule has 0 aromatic rings. The third-order valence-electron chi connectivity index (χ3n) is 0. The van der Waals surface area contributed by atoms with E-state index in [9.17, 15) is 0 Å². The number of aliphatic hydroxyl groups is 1. The summed E-state index contributed by atoms with van der Waals surface area (Å²) in [5.74, 6) is 0. The number of rotatable bonds is 0. The fraction of sp³-hybridized carbons (Fsp3) is 1.00. The summed E-state index contributed by atoms with van der Waals surface area (Å²) in [5.41, 5.74) is 0. The van der Waals surface area contributed by atoms with E-state index >= 15 is 0 Å². The van der Waals surface area contributed by atoms with E-state index in [4.69, 9.17) is 5.11 Å². The maximum absolute atomic E-state index is 7.57. The molecule has 0 amide bonds. The van der Waals surface area contributed by atoms with Crippen LogP contribution in [0.5, 0.6) is 0 Å². The molecule has 0 spiro atoms. The topological polar surface area (TPSA) is 20.2 Å². The van der Waals surface area contributed by atoms with Crippen molar-refractivity contribution in [3.8, 4) is 0 Å². The molecule has 0 unspecified atom stereocenters. The van der Waals surface area contributed by atoms with Gasteiger partial charge in [-0.25, -0.2) is 0 Å². The molecule has 0 aromatic heterocycles. The van der Waals surface area contributed by atoms with Gasteiger partial charge in [0.2, 0.25) is 0 Å². The average molecular weight is 272 g/mol. The number of halogens is 3. The Labute approximate surface area is 79.4 Å². The van der Waals surface area contributed by atoms with E-state index in [1.165, 1.54) is 0 Å². The van der Waals surface area contributed by atoms with Crippen molar-refractivity contribution in [1.82, 2.24) is 0 Å². The molecule has 0 aliphatic carbocycles. The molecule has 0 aliphatic rings. The molecule has 5 heteroatoms. The Morgan fingerprint density at radius 3 is 1.29 bits per heavy atom. The van der Waals surface area contributed by atoms with Crippen LogP contribution in [0, 0.1) is 0 Å². The Bertz CT molecular complexity index is 12.9. The predicted molar refractivity (Wildman–Crippen MR) is 25.8 cm³/mol. The van der Waals surface area contributed by atoms with Crippen molar-refractivity contribution in [2.75, 3.05) is 6.61 Å². The van der Waals surface area contributed by atoms with E-state index in [1.54, 1.807) is 6.92 Å². The molecule has 0 rings (SSSR count). The number of hydrogen-bond donors (Lipinski definition) is 1. The molecular weight excluding hydrogens is 265 g/mol. The molecule has 1 nitrogen and oxygen atoms in total. The van der Waals surface area contributed by atoms with Crippen LogP contribution in [0.4, 0.5) is 0 Å². The fourth-order valence-corrected chi connectivity index (χ4v) is 0. The summed E-state index contributed by atoms with van der Waals surface area (Å²) >= 11 is 0. The van der Waals surface area contributed by atoms with E-state index in [0.717, 1.165) is 0 Å². The monoisotopic (exact) mass is 272 g/mol. The average Bonchev–Trinajstić information content (AvgIpc) is 0.918. The van der Waals surface area contributed by atoms with Gasteiger partial charge in [-0.3, -0.25) is 0 Å². The summed E-state index contributed by atoms with van der Waals surface area (Å²) in [6.45, 7) is 1.93. The Kier molecular flexibility index (Phi) is 264. The van der Waals surface area contributed by atoms with E-state index in [2.05, 4.69) is 0 Å². The van der Waals surface area contributed by atoms with E-state index in [1.807, 2.05) is 0 Å². The molecule has 1 N–H and O–H groups in total. The van der Waals surface area contributed by atoms with Crippen LogP contribution < -0.4 is 24.8 Å². The molecule has 0 saturated carbocycles. The minimum absolute atomic E-state index is 0. The molecule has 0 heterocycles. The Morgan fingerprint density at radius 1 is 1.29 bits per heavy atom. The molecule has 0 fully saturated rings. The summed E-state index contributed by atoms with van der Waals surface area (Å²) < 4.78 is 0. The van der Waals surface area contributed by atoms with Crippen LogP contribution in [0.2, 0.25) is 0 Å². The zero-order valence-electron chi connectivity index (χ0n) is 3.82. The summed E-state index contributed by atoms with van der Waals surface area (Å²) in [4.78, 5) is 0. The van der Waals surface area contributed by atoms with Gasteiger partial charge in [-0.05, 0) is 6.92 Å². The second kappa shape index (κ2) is 48.5. The zero-order chi connectivity index (χ0) is 2.71. The van der Waals surface area contributed by atoms with Crippen molar-refractivity contribution in [1.29, 1.82) is 0 Å². The smallest absolute Gasteiger partial charge is 1.00 e. The molecule has 0 aromatic carbocycles. The Hall–Kier alpha value is 1.63. The van der Waals surface area contributed by atoms with Gasteiger partial charge >= 0.3 is 23.9 Å². The van der Waals surface area contributed by atoms with Crippen molar-refractivity contribution in [3.05, 3.63) is 0 Å². The first-order valence-corrected chi connectivity index (χ1v) is 1.02. The summed E-state index contributed by atoms with van der Waals surface area (Å²) in [6, 6.07) is 0. The molecule has 0 aliphatic heterocycles. The predicted octanol–water partition coefficient (Wildman–Crippen LogP) is -5.95. The molecule has 46 valence electrons. The third kappa shape index (κ3) is 91.1. The zero-order valence-corrected chi connectivity index (χ0v) is 9.00.